The second-order valence-electron chi connectivity index (χ2n) is 3.51. The van der Waals surface area contributed by atoms with E-state index >= 15 is 0 Å². The third-order valence-electron chi connectivity index (χ3n) is 2.29. The van der Waals surface area contributed by atoms with Crippen molar-refractivity contribution in [2.75, 3.05) is 0 Å². The van der Waals surface area contributed by atoms with Gasteiger partial charge in [0.2, 0.25) is 0 Å². The van der Waals surface area contributed by atoms with Gasteiger partial charge in [0, 0.05) is 6.04 Å². The first-order valence-electron chi connectivity index (χ1n) is 4.92. The summed E-state index contributed by atoms with van der Waals surface area (Å²) in [5.74, 6) is 0. The van der Waals surface area contributed by atoms with Gasteiger partial charge in [-0.05, 0) is 38.8 Å². The SMILES string of the molecule is C=C/C=C(/C=C(\C)C(C)N)C(\C)=C/C. The van der Waals surface area contributed by atoms with Gasteiger partial charge in [0.25, 0.3) is 0 Å². The van der Waals surface area contributed by atoms with Crippen LogP contribution < -0.4 is 5.73 Å². The average molecular weight is 191 g/mol. The minimum absolute atomic E-state index is 0.105. The highest BCUT2D eigenvalue weighted by atomic mass is 14.6. The van der Waals surface area contributed by atoms with E-state index in [1.807, 2.05) is 26.8 Å². The Hall–Kier alpha value is -1.08. The van der Waals surface area contributed by atoms with Crippen molar-refractivity contribution in [3.63, 3.8) is 0 Å². The second kappa shape index (κ2) is 6.39. The van der Waals surface area contributed by atoms with E-state index in [2.05, 4.69) is 25.7 Å². The minimum atomic E-state index is 0.105. The largest absolute Gasteiger partial charge is 0.324 e. The molecule has 0 aliphatic rings. The Morgan fingerprint density at radius 2 is 1.93 bits per heavy atom. The van der Waals surface area contributed by atoms with E-state index in [0.29, 0.717) is 0 Å². The van der Waals surface area contributed by atoms with Gasteiger partial charge in [0.1, 0.15) is 0 Å². The van der Waals surface area contributed by atoms with Gasteiger partial charge in [-0.1, -0.05) is 36.5 Å². The lowest BCUT2D eigenvalue weighted by Crippen LogP contribution is -2.16. The summed E-state index contributed by atoms with van der Waals surface area (Å²) in [6.45, 7) is 11.9. The van der Waals surface area contributed by atoms with Gasteiger partial charge in [-0.15, -0.1) is 0 Å². The Morgan fingerprint density at radius 3 is 2.29 bits per heavy atom. The first-order chi connectivity index (χ1) is 6.52. The highest BCUT2D eigenvalue weighted by Crippen LogP contribution is 2.14. The molecule has 78 valence electrons. The number of allylic oxidation sites excluding steroid dienone is 6. The Balaban J connectivity index is 4.98. The number of hydrogen-bond donors (Lipinski definition) is 1. The second-order valence-corrected chi connectivity index (χ2v) is 3.51. The van der Waals surface area contributed by atoms with E-state index in [9.17, 15) is 0 Å². The van der Waals surface area contributed by atoms with Crippen LogP contribution in [0.25, 0.3) is 0 Å². The Morgan fingerprint density at radius 1 is 1.36 bits per heavy atom. The lowest BCUT2D eigenvalue weighted by Gasteiger charge is -2.08. The van der Waals surface area contributed by atoms with Gasteiger partial charge in [0.05, 0.1) is 0 Å². The molecule has 0 bridgehead atoms. The fraction of sp³-hybridized carbons (Fsp3) is 0.385. The quantitative estimate of drug-likeness (QED) is 0.677. The molecule has 1 atom stereocenters. The van der Waals surface area contributed by atoms with Gasteiger partial charge in [0.15, 0.2) is 0 Å². The van der Waals surface area contributed by atoms with E-state index in [1.54, 1.807) is 6.08 Å². The molecule has 1 nitrogen and oxygen atoms in total. The third-order valence-corrected chi connectivity index (χ3v) is 2.29. The summed E-state index contributed by atoms with van der Waals surface area (Å²) < 4.78 is 0. The predicted octanol–water partition coefficient (Wildman–Crippen LogP) is 3.36. The van der Waals surface area contributed by atoms with E-state index in [4.69, 9.17) is 5.73 Å². The van der Waals surface area contributed by atoms with Gasteiger partial charge < -0.3 is 5.73 Å². The monoisotopic (exact) mass is 191 g/mol. The molecule has 0 spiro atoms. The lowest BCUT2D eigenvalue weighted by molar-refractivity contribution is 0.859. The molecule has 0 fully saturated rings. The smallest absolute Gasteiger partial charge is 0.0225 e. The van der Waals surface area contributed by atoms with E-state index in [1.165, 1.54) is 16.7 Å². The van der Waals surface area contributed by atoms with Crippen molar-refractivity contribution in [3.05, 3.63) is 47.6 Å². The lowest BCUT2D eigenvalue weighted by atomic mass is 10.0. The molecule has 14 heavy (non-hydrogen) atoms. The van der Waals surface area contributed by atoms with Crippen LogP contribution in [0.2, 0.25) is 0 Å². The fourth-order valence-corrected chi connectivity index (χ4v) is 0.964. The average Bonchev–Trinajstić information content (AvgIpc) is 2.15. The van der Waals surface area contributed by atoms with Crippen LogP contribution in [0.1, 0.15) is 27.7 Å². The zero-order valence-electron chi connectivity index (χ0n) is 9.67. The fourth-order valence-electron chi connectivity index (χ4n) is 0.964. The Kier molecular flexibility index (Phi) is 5.89. The van der Waals surface area contributed by atoms with Crippen LogP contribution in [-0.4, -0.2) is 6.04 Å². The van der Waals surface area contributed by atoms with Crippen LogP contribution in [-0.2, 0) is 0 Å². The molecule has 0 saturated heterocycles. The van der Waals surface area contributed by atoms with Crippen molar-refractivity contribution in [2.24, 2.45) is 5.73 Å². The third kappa shape index (κ3) is 4.24. The first kappa shape index (κ1) is 12.9. The molecule has 0 aromatic carbocycles. The summed E-state index contributed by atoms with van der Waals surface area (Å²) in [6, 6.07) is 0.105. The summed E-state index contributed by atoms with van der Waals surface area (Å²) >= 11 is 0. The molecule has 0 aromatic heterocycles. The van der Waals surface area contributed by atoms with E-state index in [0.717, 1.165) is 0 Å². The summed E-state index contributed by atoms with van der Waals surface area (Å²) in [5, 5.41) is 0. The maximum atomic E-state index is 5.78. The molecular formula is C13H21N. The number of hydrogen-bond acceptors (Lipinski definition) is 1. The molecule has 0 radical (unpaired) electrons. The van der Waals surface area contributed by atoms with Crippen molar-refractivity contribution < 1.29 is 0 Å². The molecule has 0 aliphatic carbocycles. The maximum Gasteiger partial charge on any atom is 0.0225 e. The molecule has 0 rings (SSSR count). The van der Waals surface area contributed by atoms with Crippen molar-refractivity contribution in [2.45, 2.75) is 33.7 Å². The normalized spacial score (nSPS) is 16.8. The zero-order chi connectivity index (χ0) is 11.1. The summed E-state index contributed by atoms with van der Waals surface area (Å²) in [4.78, 5) is 0. The molecule has 0 heterocycles. The van der Waals surface area contributed by atoms with E-state index < -0.39 is 0 Å². The summed E-state index contributed by atoms with van der Waals surface area (Å²) in [6.07, 6.45) is 8.00. The Labute approximate surface area is 87.7 Å². The highest BCUT2D eigenvalue weighted by Gasteiger charge is 1.99. The van der Waals surface area contributed by atoms with Crippen molar-refractivity contribution >= 4 is 0 Å². The summed E-state index contributed by atoms with van der Waals surface area (Å²) in [5.41, 5.74) is 9.38. The van der Waals surface area contributed by atoms with Crippen LogP contribution in [0.4, 0.5) is 0 Å². The van der Waals surface area contributed by atoms with Crippen LogP contribution in [0.5, 0.6) is 0 Å². The molecule has 0 amide bonds. The molecule has 1 unspecified atom stereocenters. The summed E-state index contributed by atoms with van der Waals surface area (Å²) in [7, 11) is 0. The molecule has 0 aromatic rings. The van der Waals surface area contributed by atoms with Crippen molar-refractivity contribution in [1.29, 1.82) is 0 Å². The van der Waals surface area contributed by atoms with E-state index in [-0.39, 0.29) is 6.04 Å². The highest BCUT2D eigenvalue weighted by molar-refractivity contribution is 5.42. The topological polar surface area (TPSA) is 26.0 Å². The molecule has 0 aliphatic heterocycles. The first-order valence-corrected chi connectivity index (χ1v) is 4.92. The van der Waals surface area contributed by atoms with Gasteiger partial charge in [-0.3, -0.25) is 0 Å². The molecule has 0 saturated carbocycles. The van der Waals surface area contributed by atoms with Crippen molar-refractivity contribution in [3.8, 4) is 0 Å². The predicted molar refractivity (Wildman–Crippen MR) is 65.1 cm³/mol. The number of rotatable bonds is 4. The van der Waals surface area contributed by atoms with Gasteiger partial charge >= 0.3 is 0 Å². The zero-order valence-corrected chi connectivity index (χ0v) is 9.67. The molecule has 2 N–H and O–H groups in total. The van der Waals surface area contributed by atoms with Gasteiger partial charge in [-0.2, -0.15) is 0 Å². The van der Waals surface area contributed by atoms with Crippen LogP contribution >= 0.6 is 0 Å². The Bertz CT molecular complexity index is 278. The number of nitrogens with two attached hydrogens (primary N) is 1. The molecule has 1 heteroatoms. The van der Waals surface area contributed by atoms with Crippen LogP contribution in [0.15, 0.2) is 47.6 Å². The standard InChI is InChI=1S/C13H21N/c1-6-8-13(10(3)7-2)9-11(4)12(5)14/h6-9,12H,1,14H2,2-5H3/b10-7-,11-9+,13-8-. The molecular weight excluding hydrogens is 170 g/mol. The van der Waals surface area contributed by atoms with Crippen LogP contribution in [0.3, 0.4) is 0 Å². The van der Waals surface area contributed by atoms with Crippen LogP contribution in [0, 0.1) is 0 Å². The minimum Gasteiger partial charge on any atom is -0.324 e. The van der Waals surface area contributed by atoms with Gasteiger partial charge in [-0.25, -0.2) is 0 Å². The van der Waals surface area contributed by atoms with Crippen molar-refractivity contribution in [1.82, 2.24) is 0 Å². The maximum absolute atomic E-state index is 5.78.